The lowest BCUT2D eigenvalue weighted by atomic mass is 10.0. The molecule has 3 rings (SSSR count). The first-order valence-electron chi connectivity index (χ1n) is 5.89. The van der Waals surface area contributed by atoms with Gasteiger partial charge in [-0.15, -0.1) is 11.3 Å². The molecule has 2 aromatic rings. The Kier molecular flexibility index (Phi) is 2.80. The van der Waals surface area contributed by atoms with Gasteiger partial charge in [0.15, 0.2) is 5.06 Å². The monoisotopic (exact) mass is 272 g/mol. The van der Waals surface area contributed by atoms with E-state index in [1.54, 1.807) is 5.38 Å². The number of thiophene rings is 1. The van der Waals surface area contributed by atoms with Crippen molar-refractivity contribution in [2.45, 2.75) is 0 Å². The molecule has 19 heavy (non-hydrogen) atoms. The maximum atomic E-state index is 9.64. The second kappa shape index (κ2) is 4.48. The molecule has 0 fully saturated rings. The van der Waals surface area contributed by atoms with E-state index in [4.69, 9.17) is 10.00 Å². The largest absolute Gasteiger partial charge is 0.499 e. The zero-order valence-corrected chi connectivity index (χ0v) is 11.2. The molecule has 0 saturated carbocycles. The fourth-order valence-corrected chi connectivity index (χ4v) is 2.94. The molecular formula is C14H12N2O2S. The van der Waals surface area contributed by atoms with Crippen molar-refractivity contribution in [3.8, 4) is 28.0 Å². The minimum atomic E-state index is 0.0693. The van der Waals surface area contributed by atoms with E-state index in [9.17, 15) is 5.11 Å². The third-order valence-electron chi connectivity index (χ3n) is 3.25. The highest BCUT2D eigenvalue weighted by Gasteiger charge is 2.18. The lowest BCUT2D eigenvalue weighted by Crippen LogP contribution is -2.28. The molecule has 0 aliphatic carbocycles. The third kappa shape index (κ3) is 1.90. The van der Waals surface area contributed by atoms with E-state index < -0.39 is 0 Å². The molecule has 0 radical (unpaired) electrons. The molecule has 1 aliphatic heterocycles. The Balaban J connectivity index is 2.12. The van der Waals surface area contributed by atoms with Crippen LogP contribution in [0.25, 0.3) is 11.1 Å². The average molecular weight is 272 g/mol. The fraction of sp³-hybridized carbons (Fsp3) is 0.214. The first kappa shape index (κ1) is 11.9. The molecule has 0 amide bonds. The number of nitriles is 1. The molecule has 5 heteroatoms. The summed E-state index contributed by atoms with van der Waals surface area (Å²) in [6.45, 7) is 1.53. The maximum absolute atomic E-state index is 9.64. The Morgan fingerprint density at radius 2 is 2.32 bits per heavy atom. The normalized spacial score (nSPS) is 13.6. The molecule has 0 unspecified atom stereocenters. The van der Waals surface area contributed by atoms with Gasteiger partial charge in [0, 0.05) is 18.0 Å². The molecule has 1 aromatic carbocycles. The van der Waals surface area contributed by atoms with Crippen LogP contribution in [0.4, 0.5) is 5.69 Å². The number of likely N-dealkylation sites (N-methyl/N-ethyl adjacent to an activating group) is 1. The third-order valence-corrected chi connectivity index (χ3v) is 4.03. The molecule has 2 heterocycles. The van der Waals surface area contributed by atoms with Gasteiger partial charge in [-0.25, -0.2) is 0 Å². The molecule has 96 valence electrons. The Bertz CT molecular complexity index is 673. The van der Waals surface area contributed by atoms with Crippen molar-refractivity contribution in [3.05, 3.63) is 29.1 Å². The number of ether oxygens (including phenoxy) is 1. The Labute approximate surface area is 115 Å². The number of anilines is 1. The number of hydrogen-bond acceptors (Lipinski definition) is 5. The van der Waals surface area contributed by atoms with Crippen LogP contribution in [-0.2, 0) is 0 Å². The number of hydrogen-bond donors (Lipinski definition) is 1. The highest BCUT2D eigenvalue weighted by molar-refractivity contribution is 7.12. The van der Waals surface area contributed by atoms with Crippen LogP contribution in [0.5, 0.6) is 10.8 Å². The summed E-state index contributed by atoms with van der Waals surface area (Å²) in [7, 11) is 2.02. The van der Waals surface area contributed by atoms with Gasteiger partial charge in [0.2, 0.25) is 0 Å². The Morgan fingerprint density at radius 3 is 3.11 bits per heavy atom. The lowest BCUT2D eigenvalue weighted by molar-refractivity contribution is 0.311. The standard InChI is InChI=1S/C14H12N2O2S/c1-16-4-5-18-13-3-2-9(6-12(13)16)11-8-19-14(17)10(11)7-15/h2-3,6,8,17H,4-5H2,1H3. The summed E-state index contributed by atoms with van der Waals surface area (Å²) >= 11 is 1.18. The van der Waals surface area contributed by atoms with E-state index in [-0.39, 0.29) is 5.06 Å². The molecule has 0 spiro atoms. The molecule has 0 atom stereocenters. The average Bonchev–Trinajstić information content (AvgIpc) is 2.80. The van der Waals surface area contributed by atoms with Crippen molar-refractivity contribution in [1.82, 2.24) is 0 Å². The predicted octanol–water partition coefficient (Wildman–Crippen LogP) is 2.82. The summed E-state index contributed by atoms with van der Waals surface area (Å²) in [5.74, 6) is 0.857. The summed E-state index contributed by atoms with van der Waals surface area (Å²) in [6, 6.07) is 7.88. The van der Waals surface area contributed by atoms with Gasteiger partial charge >= 0.3 is 0 Å². The van der Waals surface area contributed by atoms with Crippen molar-refractivity contribution >= 4 is 17.0 Å². The van der Waals surface area contributed by atoms with Crippen LogP contribution in [0, 0.1) is 11.3 Å². The van der Waals surface area contributed by atoms with Crippen LogP contribution < -0.4 is 9.64 Å². The van der Waals surface area contributed by atoms with Gasteiger partial charge in [0.25, 0.3) is 0 Å². The SMILES string of the molecule is CN1CCOc2ccc(-c3csc(O)c3C#N)cc21. The topological polar surface area (TPSA) is 56.5 Å². The van der Waals surface area contributed by atoms with Gasteiger partial charge in [-0.3, -0.25) is 0 Å². The van der Waals surface area contributed by atoms with Crippen LogP contribution in [0.1, 0.15) is 5.56 Å². The number of benzene rings is 1. The first-order valence-corrected chi connectivity index (χ1v) is 6.77. The summed E-state index contributed by atoms with van der Waals surface area (Å²) < 4.78 is 5.59. The summed E-state index contributed by atoms with van der Waals surface area (Å²) in [4.78, 5) is 2.13. The predicted molar refractivity (Wildman–Crippen MR) is 74.9 cm³/mol. The number of rotatable bonds is 1. The minimum absolute atomic E-state index is 0.0693. The van der Waals surface area contributed by atoms with E-state index >= 15 is 0 Å². The summed E-state index contributed by atoms with van der Waals surface area (Å²) in [5, 5.41) is 20.6. The van der Waals surface area contributed by atoms with Crippen molar-refractivity contribution in [2.24, 2.45) is 0 Å². The highest BCUT2D eigenvalue weighted by atomic mass is 32.1. The van der Waals surface area contributed by atoms with Gasteiger partial charge in [0.1, 0.15) is 24.0 Å². The van der Waals surface area contributed by atoms with Crippen LogP contribution in [0.2, 0.25) is 0 Å². The smallest absolute Gasteiger partial charge is 0.190 e. The van der Waals surface area contributed by atoms with Gasteiger partial charge < -0.3 is 14.7 Å². The Morgan fingerprint density at radius 1 is 1.47 bits per heavy atom. The van der Waals surface area contributed by atoms with Crippen LogP contribution >= 0.6 is 11.3 Å². The minimum Gasteiger partial charge on any atom is -0.499 e. The molecule has 1 aliphatic rings. The van der Waals surface area contributed by atoms with Crippen LogP contribution in [0.15, 0.2) is 23.6 Å². The van der Waals surface area contributed by atoms with Crippen molar-refractivity contribution in [1.29, 1.82) is 5.26 Å². The summed E-state index contributed by atoms with van der Waals surface area (Å²) in [5.41, 5.74) is 3.04. The molecule has 0 bridgehead atoms. The number of nitrogens with zero attached hydrogens (tertiary/aromatic N) is 2. The van der Waals surface area contributed by atoms with Gasteiger partial charge in [0.05, 0.1) is 12.2 Å². The van der Waals surface area contributed by atoms with Crippen molar-refractivity contribution < 1.29 is 9.84 Å². The quantitative estimate of drug-likeness (QED) is 0.867. The highest BCUT2D eigenvalue weighted by Crippen LogP contribution is 2.40. The molecule has 1 N–H and O–H groups in total. The van der Waals surface area contributed by atoms with Gasteiger partial charge in [-0.05, 0) is 17.7 Å². The van der Waals surface area contributed by atoms with E-state index in [2.05, 4.69) is 4.90 Å². The van der Waals surface area contributed by atoms with E-state index in [1.807, 2.05) is 31.3 Å². The summed E-state index contributed by atoms with van der Waals surface area (Å²) in [6.07, 6.45) is 0. The molecule has 1 aromatic heterocycles. The van der Waals surface area contributed by atoms with E-state index in [1.165, 1.54) is 11.3 Å². The molecule has 4 nitrogen and oxygen atoms in total. The second-order valence-electron chi connectivity index (χ2n) is 4.39. The zero-order chi connectivity index (χ0) is 13.4. The zero-order valence-electron chi connectivity index (χ0n) is 10.4. The van der Waals surface area contributed by atoms with Crippen LogP contribution in [-0.4, -0.2) is 25.3 Å². The number of fused-ring (bicyclic) bond motifs is 1. The Hall–Kier alpha value is -2.19. The van der Waals surface area contributed by atoms with Gasteiger partial charge in [-0.2, -0.15) is 5.26 Å². The second-order valence-corrected chi connectivity index (χ2v) is 5.25. The van der Waals surface area contributed by atoms with E-state index in [0.29, 0.717) is 12.2 Å². The molecular weight excluding hydrogens is 260 g/mol. The van der Waals surface area contributed by atoms with Crippen LogP contribution in [0.3, 0.4) is 0 Å². The van der Waals surface area contributed by atoms with Crippen molar-refractivity contribution in [3.63, 3.8) is 0 Å². The first-order chi connectivity index (χ1) is 9.20. The fourth-order valence-electron chi connectivity index (χ4n) is 2.19. The molecule has 0 saturated heterocycles. The number of aromatic hydroxyl groups is 1. The van der Waals surface area contributed by atoms with E-state index in [0.717, 1.165) is 29.1 Å². The van der Waals surface area contributed by atoms with Crippen molar-refractivity contribution in [2.75, 3.05) is 25.1 Å². The van der Waals surface area contributed by atoms with Gasteiger partial charge in [-0.1, -0.05) is 6.07 Å². The lowest BCUT2D eigenvalue weighted by Gasteiger charge is -2.28. The maximum Gasteiger partial charge on any atom is 0.190 e.